The van der Waals surface area contributed by atoms with Crippen LogP contribution in [0.4, 0.5) is 0 Å². The van der Waals surface area contributed by atoms with Crippen LogP contribution in [-0.4, -0.2) is 97.8 Å². The lowest BCUT2D eigenvalue weighted by molar-refractivity contribution is -0.255. The number of carbonyl (C=O) groups excluding carboxylic acids is 4. The van der Waals surface area contributed by atoms with Crippen molar-refractivity contribution in [2.45, 2.75) is 78.2 Å². The summed E-state index contributed by atoms with van der Waals surface area (Å²) in [7, 11) is 3.87. The average Bonchev–Trinajstić information content (AvgIpc) is 2.69. The maximum absolute atomic E-state index is 11.9. The van der Waals surface area contributed by atoms with Gasteiger partial charge < -0.3 is 39.2 Å². The van der Waals surface area contributed by atoms with Crippen LogP contribution in [0.2, 0.25) is 0 Å². The fourth-order valence-electron chi connectivity index (χ4n) is 3.50. The molecule has 2 N–H and O–H groups in total. The molecule has 1 aliphatic rings. The Kier molecular flexibility index (Phi) is 12.3. The number of hydrogen-bond acceptors (Lipinski definition) is 11. The predicted octanol–water partition coefficient (Wildman–Crippen LogP) is 0.120. The molecule has 0 saturated carbocycles. The summed E-state index contributed by atoms with van der Waals surface area (Å²) < 4.78 is 27.3. The molecule has 200 valence electrons. The van der Waals surface area contributed by atoms with Gasteiger partial charge in [0.2, 0.25) is 0 Å². The number of rotatable bonds is 10. The van der Waals surface area contributed by atoms with Gasteiger partial charge in [0.25, 0.3) is 0 Å². The SMILES string of the molecule is CC(=O)OC[C@H]1O[C@@H](NC(=S)N[C@H](CN(C)C)C(C)C)[C@H](OC(C)=O)[C@@H](OC(C)=O)[C@@H]1OC(C)=O. The van der Waals surface area contributed by atoms with E-state index < -0.39 is 54.5 Å². The van der Waals surface area contributed by atoms with Crippen molar-refractivity contribution in [3.05, 3.63) is 0 Å². The Hall–Kier alpha value is -2.51. The van der Waals surface area contributed by atoms with E-state index in [2.05, 4.69) is 10.6 Å². The van der Waals surface area contributed by atoms with Crippen molar-refractivity contribution >= 4 is 41.2 Å². The van der Waals surface area contributed by atoms with Gasteiger partial charge in [0.15, 0.2) is 29.7 Å². The highest BCUT2D eigenvalue weighted by Crippen LogP contribution is 2.28. The molecular formula is C22H37N3O9S. The van der Waals surface area contributed by atoms with E-state index in [4.69, 9.17) is 35.9 Å². The van der Waals surface area contributed by atoms with E-state index >= 15 is 0 Å². The Bertz CT molecular complexity index is 777. The fourth-order valence-corrected chi connectivity index (χ4v) is 3.77. The van der Waals surface area contributed by atoms with Crippen LogP contribution in [0.3, 0.4) is 0 Å². The molecule has 0 aliphatic carbocycles. The van der Waals surface area contributed by atoms with Gasteiger partial charge in [0.1, 0.15) is 12.7 Å². The molecule has 0 bridgehead atoms. The van der Waals surface area contributed by atoms with Crippen molar-refractivity contribution in [3.8, 4) is 0 Å². The first-order valence-electron chi connectivity index (χ1n) is 11.2. The summed E-state index contributed by atoms with van der Waals surface area (Å²) in [6, 6.07) is -0.0179. The van der Waals surface area contributed by atoms with Gasteiger partial charge in [0, 0.05) is 40.3 Å². The van der Waals surface area contributed by atoms with Gasteiger partial charge in [-0.05, 0) is 32.2 Å². The summed E-state index contributed by atoms with van der Waals surface area (Å²) in [5, 5.41) is 6.37. The van der Waals surface area contributed by atoms with E-state index in [1.165, 1.54) is 13.8 Å². The fraction of sp³-hybridized carbons (Fsp3) is 0.773. The van der Waals surface area contributed by atoms with Crippen molar-refractivity contribution < 1.29 is 42.9 Å². The molecule has 0 radical (unpaired) electrons. The first-order chi connectivity index (χ1) is 16.2. The number of nitrogens with zero attached hydrogens (tertiary/aromatic N) is 1. The molecule has 0 aromatic rings. The van der Waals surface area contributed by atoms with Crippen LogP contribution in [0, 0.1) is 5.92 Å². The summed E-state index contributed by atoms with van der Waals surface area (Å²) in [5.74, 6) is -2.45. The number of thiocarbonyl (C=S) groups is 1. The third kappa shape index (κ3) is 10.7. The molecule has 1 aliphatic heterocycles. The molecule has 12 nitrogen and oxygen atoms in total. The zero-order chi connectivity index (χ0) is 26.9. The van der Waals surface area contributed by atoms with Crippen LogP contribution in [-0.2, 0) is 42.9 Å². The molecule has 0 unspecified atom stereocenters. The maximum atomic E-state index is 11.9. The van der Waals surface area contributed by atoms with Crippen molar-refractivity contribution in [3.63, 3.8) is 0 Å². The largest absolute Gasteiger partial charge is 0.463 e. The molecule has 0 aromatic heterocycles. The highest BCUT2D eigenvalue weighted by Gasteiger charge is 2.52. The van der Waals surface area contributed by atoms with E-state index in [0.29, 0.717) is 6.54 Å². The minimum absolute atomic E-state index is 0.0179. The number of esters is 4. The molecule has 1 rings (SSSR count). The van der Waals surface area contributed by atoms with Gasteiger partial charge >= 0.3 is 23.9 Å². The summed E-state index contributed by atoms with van der Waals surface area (Å²) in [6.07, 6.45) is -5.90. The Morgan fingerprint density at radius 2 is 1.40 bits per heavy atom. The lowest BCUT2D eigenvalue weighted by atomic mass is 9.97. The molecule has 1 heterocycles. The molecule has 1 fully saturated rings. The second-order valence-corrected chi connectivity index (χ2v) is 9.26. The van der Waals surface area contributed by atoms with E-state index in [0.717, 1.165) is 13.8 Å². The van der Waals surface area contributed by atoms with Gasteiger partial charge in [-0.2, -0.15) is 0 Å². The number of nitrogens with one attached hydrogen (secondary N) is 2. The van der Waals surface area contributed by atoms with Gasteiger partial charge in [-0.3, -0.25) is 19.2 Å². The summed E-state index contributed by atoms with van der Waals surface area (Å²) >= 11 is 5.48. The molecule has 0 aromatic carbocycles. The maximum Gasteiger partial charge on any atom is 0.303 e. The second-order valence-electron chi connectivity index (χ2n) is 8.85. The van der Waals surface area contributed by atoms with E-state index in [1.807, 2.05) is 32.8 Å². The van der Waals surface area contributed by atoms with Crippen molar-refractivity contribution in [2.24, 2.45) is 5.92 Å². The van der Waals surface area contributed by atoms with E-state index in [-0.39, 0.29) is 23.7 Å². The minimum Gasteiger partial charge on any atom is -0.463 e. The Morgan fingerprint density at radius 3 is 1.86 bits per heavy atom. The van der Waals surface area contributed by atoms with Crippen LogP contribution in [0.25, 0.3) is 0 Å². The summed E-state index contributed by atoms with van der Waals surface area (Å²) in [6.45, 7) is 9.17. The van der Waals surface area contributed by atoms with E-state index in [9.17, 15) is 19.2 Å². The normalized spacial score (nSPS) is 24.8. The average molecular weight is 520 g/mol. The molecule has 0 amide bonds. The first-order valence-corrected chi connectivity index (χ1v) is 11.6. The van der Waals surface area contributed by atoms with Crippen molar-refractivity contribution in [2.75, 3.05) is 27.2 Å². The monoisotopic (exact) mass is 519 g/mol. The van der Waals surface area contributed by atoms with Gasteiger partial charge in [-0.25, -0.2) is 0 Å². The third-order valence-corrected chi connectivity index (χ3v) is 5.18. The third-order valence-electron chi connectivity index (χ3n) is 4.95. The van der Waals surface area contributed by atoms with Gasteiger partial charge in [0.05, 0.1) is 0 Å². The molecule has 0 spiro atoms. The molecular weight excluding hydrogens is 482 g/mol. The number of carbonyl (C=O) groups is 4. The quantitative estimate of drug-likeness (QED) is 0.229. The minimum atomic E-state index is -1.27. The number of likely N-dealkylation sites (N-methyl/N-ethyl adjacent to an activating group) is 1. The summed E-state index contributed by atoms with van der Waals surface area (Å²) in [4.78, 5) is 49.1. The topological polar surface area (TPSA) is 142 Å². The Balaban J connectivity index is 3.30. The highest BCUT2D eigenvalue weighted by molar-refractivity contribution is 7.80. The second kappa shape index (κ2) is 14.1. The predicted molar refractivity (Wildman–Crippen MR) is 128 cm³/mol. The zero-order valence-electron chi connectivity index (χ0n) is 21.5. The first kappa shape index (κ1) is 30.5. The lowest BCUT2D eigenvalue weighted by Crippen LogP contribution is -2.67. The summed E-state index contributed by atoms with van der Waals surface area (Å²) in [5.41, 5.74) is 0. The molecule has 35 heavy (non-hydrogen) atoms. The smallest absolute Gasteiger partial charge is 0.303 e. The van der Waals surface area contributed by atoms with E-state index in [1.54, 1.807) is 0 Å². The lowest BCUT2D eigenvalue weighted by Gasteiger charge is -2.44. The Morgan fingerprint density at radius 1 is 0.886 bits per heavy atom. The standard InChI is InChI=1S/C22H37N3O9S/c1-11(2)16(9-25(7)8)23-22(35)24-21-20(33-15(6)29)19(32-14(5)28)18(31-13(4)27)17(34-21)10-30-12(3)26/h11,16-21H,9-10H2,1-8H3,(H2,23,24,35)/t16-,17-,18-,19+,20-,21-/m1/s1. The van der Waals surface area contributed by atoms with Crippen LogP contribution >= 0.6 is 12.2 Å². The number of ether oxygens (including phenoxy) is 5. The Labute approximate surface area is 211 Å². The number of hydrogen-bond donors (Lipinski definition) is 2. The van der Waals surface area contributed by atoms with Crippen LogP contribution in [0.1, 0.15) is 41.5 Å². The molecule has 6 atom stereocenters. The molecule has 13 heteroatoms. The van der Waals surface area contributed by atoms with Crippen LogP contribution < -0.4 is 10.6 Å². The van der Waals surface area contributed by atoms with Crippen LogP contribution in [0.15, 0.2) is 0 Å². The highest BCUT2D eigenvalue weighted by atomic mass is 32.1. The molecule has 1 saturated heterocycles. The van der Waals surface area contributed by atoms with Gasteiger partial charge in [-0.15, -0.1) is 0 Å². The van der Waals surface area contributed by atoms with Crippen molar-refractivity contribution in [1.82, 2.24) is 15.5 Å². The van der Waals surface area contributed by atoms with Gasteiger partial charge in [-0.1, -0.05) is 13.8 Å². The van der Waals surface area contributed by atoms with Crippen molar-refractivity contribution in [1.29, 1.82) is 0 Å². The van der Waals surface area contributed by atoms with Crippen LogP contribution in [0.5, 0.6) is 0 Å². The zero-order valence-corrected chi connectivity index (χ0v) is 22.3.